The molecular formula is C19H32N2O. The molecular weight excluding hydrogens is 272 g/mol. The van der Waals surface area contributed by atoms with E-state index in [0.717, 1.165) is 37.9 Å². The molecule has 0 atom stereocenters. The molecule has 1 heterocycles. The topological polar surface area (TPSA) is 34.0 Å². The van der Waals surface area contributed by atoms with Gasteiger partial charge < -0.3 is 9.88 Å². The van der Waals surface area contributed by atoms with Gasteiger partial charge in [0.15, 0.2) is 0 Å². The van der Waals surface area contributed by atoms with Crippen LogP contribution in [0.15, 0.2) is 10.9 Å². The summed E-state index contributed by atoms with van der Waals surface area (Å²) in [6.07, 6.45) is 5.76. The second-order valence-corrected chi connectivity index (χ2v) is 7.51. The first-order valence-electron chi connectivity index (χ1n) is 8.94. The lowest BCUT2D eigenvalue weighted by molar-refractivity contribution is 0.479. The van der Waals surface area contributed by atoms with E-state index in [0.29, 0.717) is 18.4 Å². The molecule has 0 saturated heterocycles. The molecule has 2 rings (SSSR count). The minimum atomic E-state index is 0.234. The van der Waals surface area contributed by atoms with Crippen LogP contribution in [0.2, 0.25) is 0 Å². The van der Waals surface area contributed by atoms with Crippen molar-refractivity contribution in [3.8, 4) is 0 Å². The molecule has 22 heavy (non-hydrogen) atoms. The van der Waals surface area contributed by atoms with Crippen LogP contribution in [0.4, 0.5) is 0 Å². The number of nitrogens with one attached hydrogen (secondary N) is 1. The Morgan fingerprint density at radius 1 is 1.14 bits per heavy atom. The van der Waals surface area contributed by atoms with Gasteiger partial charge in [0.05, 0.1) is 0 Å². The third-order valence-electron chi connectivity index (χ3n) is 4.47. The number of aromatic nitrogens is 1. The van der Waals surface area contributed by atoms with E-state index in [4.69, 9.17) is 0 Å². The highest BCUT2D eigenvalue weighted by Crippen LogP contribution is 2.21. The molecule has 1 aliphatic rings. The van der Waals surface area contributed by atoms with Crippen LogP contribution in [0, 0.1) is 11.8 Å². The Balaban J connectivity index is 2.26. The number of pyridine rings is 1. The predicted octanol–water partition coefficient (Wildman–Crippen LogP) is 3.52. The summed E-state index contributed by atoms with van der Waals surface area (Å²) in [5.41, 5.74) is 3.91. The average molecular weight is 304 g/mol. The number of hydrogen-bond donors (Lipinski definition) is 1. The van der Waals surface area contributed by atoms with Gasteiger partial charge >= 0.3 is 0 Å². The van der Waals surface area contributed by atoms with Crippen molar-refractivity contribution in [1.82, 2.24) is 9.88 Å². The van der Waals surface area contributed by atoms with E-state index in [1.165, 1.54) is 24.1 Å². The van der Waals surface area contributed by atoms with E-state index in [-0.39, 0.29) is 5.56 Å². The van der Waals surface area contributed by atoms with E-state index in [9.17, 15) is 4.79 Å². The highest BCUT2D eigenvalue weighted by molar-refractivity contribution is 5.29. The number of aryl methyl sites for hydroxylation is 1. The lowest BCUT2D eigenvalue weighted by atomic mass is 9.94. The molecule has 0 spiro atoms. The third kappa shape index (κ3) is 4.45. The summed E-state index contributed by atoms with van der Waals surface area (Å²) in [5.74, 6) is 1.25. The largest absolute Gasteiger partial charge is 0.312 e. The summed E-state index contributed by atoms with van der Waals surface area (Å²) in [6, 6.07) is 2.18. The number of fused-ring (bicyclic) bond motifs is 1. The SMILES string of the molecule is CC(C)CCn1c2c(cc(CNCC(C)C)c1=O)CCCC2. The second kappa shape index (κ2) is 7.96. The van der Waals surface area contributed by atoms with Gasteiger partial charge in [0.25, 0.3) is 5.56 Å². The normalized spacial score (nSPS) is 14.6. The molecule has 1 N–H and O–H groups in total. The van der Waals surface area contributed by atoms with Crippen molar-refractivity contribution in [1.29, 1.82) is 0 Å². The van der Waals surface area contributed by atoms with Gasteiger partial charge in [0.2, 0.25) is 0 Å². The summed E-state index contributed by atoms with van der Waals surface area (Å²) in [6.45, 7) is 11.4. The first kappa shape index (κ1) is 17.3. The zero-order valence-corrected chi connectivity index (χ0v) is 14.7. The Morgan fingerprint density at radius 3 is 2.55 bits per heavy atom. The van der Waals surface area contributed by atoms with Gasteiger partial charge in [-0.3, -0.25) is 4.79 Å². The fourth-order valence-electron chi connectivity index (χ4n) is 3.19. The van der Waals surface area contributed by atoms with Crippen molar-refractivity contribution in [2.75, 3.05) is 6.54 Å². The number of hydrogen-bond acceptors (Lipinski definition) is 2. The fraction of sp³-hybridized carbons (Fsp3) is 0.737. The molecule has 1 aromatic heterocycles. The van der Waals surface area contributed by atoms with E-state index in [1.807, 2.05) is 0 Å². The Morgan fingerprint density at radius 2 is 1.86 bits per heavy atom. The lowest BCUT2D eigenvalue weighted by Gasteiger charge is -2.23. The maximum absolute atomic E-state index is 12.9. The van der Waals surface area contributed by atoms with E-state index < -0.39 is 0 Å². The summed E-state index contributed by atoms with van der Waals surface area (Å²) in [4.78, 5) is 12.9. The zero-order valence-electron chi connectivity index (χ0n) is 14.7. The van der Waals surface area contributed by atoms with Gasteiger partial charge in [-0.25, -0.2) is 0 Å². The molecule has 0 unspecified atom stereocenters. The van der Waals surface area contributed by atoms with Crippen molar-refractivity contribution in [2.45, 2.75) is 72.9 Å². The molecule has 124 valence electrons. The minimum Gasteiger partial charge on any atom is -0.312 e. The van der Waals surface area contributed by atoms with Crippen LogP contribution in [0.1, 0.15) is 63.8 Å². The minimum absolute atomic E-state index is 0.234. The van der Waals surface area contributed by atoms with Crippen LogP contribution >= 0.6 is 0 Å². The molecule has 0 fully saturated rings. The van der Waals surface area contributed by atoms with Crippen molar-refractivity contribution in [2.24, 2.45) is 11.8 Å². The van der Waals surface area contributed by atoms with E-state index in [1.54, 1.807) is 0 Å². The van der Waals surface area contributed by atoms with Crippen molar-refractivity contribution >= 4 is 0 Å². The third-order valence-corrected chi connectivity index (χ3v) is 4.47. The predicted molar refractivity (Wildman–Crippen MR) is 93.3 cm³/mol. The van der Waals surface area contributed by atoms with Crippen LogP contribution in [-0.4, -0.2) is 11.1 Å². The summed E-state index contributed by atoms with van der Waals surface area (Å²) >= 11 is 0. The quantitative estimate of drug-likeness (QED) is 0.836. The molecule has 0 aromatic carbocycles. The van der Waals surface area contributed by atoms with Crippen molar-refractivity contribution < 1.29 is 0 Å². The number of nitrogens with zero attached hydrogens (tertiary/aromatic N) is 1. The van der Waals surface area contributed by atoms with Gasteiger partial charge in [0, 0.05) is 24.3 Å². The zero-order chi connectivity index (χ0) is 16.1. The Hall–Kier alpha value is -1.09. The van der Waals surface area contributed by atoms with Crippen LogP contribution in [0.3, 0.4) is 0 Å². The molecule has 0 saturated carbocycles. The Kier molecular flexibility index (Phi) is 6.25. The standard InChI is InChI=1S/C19H32N2O/c1-14(2)9-10-21-18-8-6-5-7-16(18)11-17(19(21)22)13-20-12-15(3)4/h11,14-15,20H,5-10,12-13H2,1-4H3. The van der Waals surface area contributed by atoms with Gasteiger partial charge in [-0.15, -0.1) is 0 Å². The van der Waals surface area contributed by atoms with Gasteiger partial charge in [0.1, 0.15) is 0 Å². The van der Waals surface area contributed by atoms with Gasteiger partial charge in [-0.2, -0.15) is 0 Å². The lowest BCUT2D eigenvalue weighted by Crippen LogP contribution is -2.32. The highest BCUT2D eigenvalue weighted by atomic mass is 16.1. The van der Waals surface area contributed by atoms with Crippen LogP contribution in [0.5, 0.6) is 0 Å². The summed E-state index contributed by atoms with van der Waals surface area (Å²) in [7, 11) is 0. The van der Waals surface area contributed by atoms with Crippen LogP contribution < -0.4 is 10.9 Å². The van der Waals surface area contributed by atoms with Crippen LogP contribution in [0.25, 0.3) is 0 Å². The Labute approximate surface area is 135 Å². The smallest absolute Gasteiger partial charge is 0.255 e. The fourth-order valence-corrected chi connectivity index (χ4v) is 3.19. The molecule has 3 nitrogen and oxygen atoms in total. The summed E-state index contributed by atoms with van der Waals surface area (Å²) < 4.78 is 2.08. The first-order valence-corrected chi connectivity index (χ1v) is 8.94. The molecule has 0 radical (unpaired) electrons. The van der Waals surface area contributed by atoms with E-state index >= 15 is 0 Å². The maximum Gasteiger partial charge on any atom is 0.255 e. The summed E-state index contributed by atoms with van der Waals surface area (Å²) in [5, 5.41) is 3.43. The van der Waals surface area contributed by atoms with Crippen molar-refractivity contribution in [3.63, 3.8) is 0 Å². The van der Waals surface area contributed by atoms with Crippen LogP contribution in [-0.2, 0) is 25.9 Å². The van der Waals surface area contributed by atoms with E-state index in [2.05, 4.69) is 43.6 Å². The van der Waals surface area contributed by atoms with Gasteiger partial charge in [-0.1, -0.05) is 27.7 Å². The molecule has 1 aromatic rings. The van der Waals surface area contributed by atoms with Crippen molar-refractivity contribution in [3.05, 3.63) is 33.2 Å². The maximum atomic E-state index is 12.9. The molecule has 1 aliphatic carbocycles. The van der Waals surface area contributed by atoms with Gasteiger partial charge in [-0.05, 0) is 62.1 Å². The molecule has 0 bridgehead atoms. The molecule has 3 heteroatoms. The average Bonchev–Trinajstić information content (AvgIpc) is 2.46. The second-order valence-electron chi connectivity index (χ2n) is 7.51. The monoisotopic (exact) mass is 304 g/mol. The first-order chi connectivity index (χ1) is 10.5. The Bertz CT molecular complexity index is 543. The molecule has 0 amide bonds. The number of rotatable bonds is 7. The molecule has 0 aliphatic heterocycles. The highest BCUT2D eigenvalue weighted by Gasteiger charge is 2.17.